The molecule has 1 aromatic rings. The van der Waals surface area contributed by atoms with Gasteiger partial charge in [0.25, 0.3) is 0 Å². The Hall–Kier alpha value is -0.690. The number of allylic oxidation sites excluding steroid dienone is 1. The lowest BCUT2D eigenvalue weighted by atomic mass is 10.2. The highest BCUT2D eigenvalue weighted by molar-refractivity contribution is 7.91. The second-order valence-corrected chi connectivity index (χ2v) is 7.82. The Morgan fingerprint density at radius 2 is 2.16 bits per heavy atom. The predicted octanol–water partition coefficient (Wildman–Crippen LogP) is 2.03. The summed E-state index contributed by atoms with van der Waals surface area (Å²) in [5.41, 5.74) is 6.84. The molecular formula is C13H20N2O2S2. The third-order valence-corrected chi connectivity index (χ3v) is 6.26. The molecule has 1 heterocycles. The highest BCUT2D eigenvalue weighted by Gasteiger charge is 2.16. The topological polar surface area (TPSA) is 72.2 Å². The number of thiophene rings is 1. The maximum absolute atomic E-state index is 12.1. The quantitative estimate of drug-likeness (QED) is 0.757. The molecule has 0 amide bonds. The number of nitrogens with one attached hydrogen (secondary N) is 1. The Labute approximate surface area is 118 Å². The zero-order valence-corrected chi connectivity index (χ0v) is 12.5. The molecule has 2 rings (SSSR count). The predicted molar refractivity (Wildman–Crippen MR) is 78.8 cm³/mol. The molecule has 1 aromatic heterocycles. The van der Waals surface area contributed by atoms with Crippen molar-refractivity contribution >= 4 is 21.4 Å². The average molecular weight is 300 g/mol. The van der Waals surface area contributed by atoms with Crippen LogP contribution in [0.1, 0.15) is 30.6 Å². The number of hydrogen-bond acceptors (Lipinski definition) is 4. The first-order chi connectivity index (χ1) is 9.12. The van der Waals surface area contributed by atoms with Crippen molar-refractivity contribution in [3.8, 4) is 0 Å². The first kappa shape index (κ1) is 14.7. The van der Waals surface area contributed by atoms with Crippen molar-refractivity contribution in [1.29, 1.82) is 0 Å². The van der Waals surface area contributed by atoms with Gasteiger partial charge in [-0.15, -0.1) is 11.3 Å². The smallest absolute Gasteiger partial charge is 0.250 e. The summed E-state index contributed by atoms with van der Waals surface area (Å²) in [4.78, 5) is 1.02. The molecule has 0 aromatic carbocycles. The monoisotopic (exact) mass is 300 g/mol. The van der Waals surface area contributed by atoms with Gasteiger partial charge in [0, 0.05) is 11.4 Å². The molecule has 1 aliphatic carbocycles. The van der Waals surface area contributed by atoms with Crippen LogP contribution in [0.4, 0.5) is 0 Å². The highest BCUT2D eigenvalue weighted by atomic mass is 32.2. The molecule has 4 nitrogen and oxygen atoms in total. The van der Waals surface area contributed by atoms with Crippen molar-refractivity contribution in [2.75, 3.05) is 13.1 Å². The van der Waals surface area contributed by atoms with Crippen LogP contribution in [0.2, 0.25) is 0 Å². The van der Waals surface area contributed by atoms with Crippen molar-refractivity contribution in [3.63, 3.8) is 0 Å². The van der Waals surface area contributed by atoms with Crippen LogP contribution in [0, 0.1) is 0 Å². The Bertz CT molecular complexity index is 547. The zero-order valence-electron chi connectivity index (χ0n) is 10.9. The van der Waals surface area contributed by atoms with Gasteiger partial charge in [-0.1, -0.05) is 11.6 Å². The number of hydrogen-bond donors (Lipinski definition) is 2. The molecule has 3 N–H and O–H groups in total. The number of rotatable bonds is 7. The first-order valence-corrected chi connectivity index (χ1v) is 8.88. The van der Waals surface area contributed by atoms with E-state index in [1.807, 2.05) is 6.07 Å². The van der Waals surface area contributed by atoms with Crippen molar-refractivity contribution in [1.82, 2.24) is 4.72 Å². The van der Waals surface area contributed by atoms with E-state index in [9.17, 15) is 8.42 Å². The average Bonchev–Trinajstić information content (AvgIpc) is 3.00. The summed E-state index contributed by atoms with van der Waals surface area (Å²) >= 11 is 1.30. The second-order valence-electron chi connectivity index (χ2n) is 4.66. The molecule has 1 aliphatic rings. The van der Waals surface area contributed by atoms with E-state index in [4.69, 9.17) is 5.73 Å². The maximum atomic E-state index is 12.1. The molecular weight excluding hydrogens is 280 g/mol. The molecule has 0 bridgehead atoms. The third kappa shape index (κ3) is 4.14. The first-order valence-electron chi connectivity index (χ1n) is 6.58. The largest absolute Gasteiger partial charge is 0.330 e. The standard InChI is InChI=1S/C13H20N2O2S2/c14-9-7-12-5-6-13(18-12)19(16,17)15-10-8-11-3-1-2-4-11/h3,5-6,15H,1-2,4,7-10,14H2. The number of sulfonamides is 1. The van der Waals surface area contributed by atoms with Crippen LogP contribution in [0.15, 0.2) is 28.0 Å². The molecule has 0 radical (unpaired) electrons. The van der Waals surface area contributed by atoms with E-state index in [0.29, 0.717) is 17.3 Å². The third-order valence-electron chi connectivity index (χ3n) is 3.17. The molecule has 0 unspecified atom stereocenters. The summed E-state index contributed by atoms with van der Waals surface area (Å²) in [7, 11) is -3.35. The molecule has 0 saturated carbocycles. The van der Waals surface area contributed by atoms with E-state index in [2.05, 4.69) is 10.8 Å². The Morgan fingerprint density at radius 3 is 2.84 bits per heavy atom. The Balaban J connectivity index is 1.89. The van der Waals surface area contributed by atoms with Crippen LogP contribution in [-0.2, 0) is 16.4 Å². The highest BCUT2D eigenvalue weighted by Crippen LogP contribution is 2.23. The van der Waals surface area contributed by atoms with Gasteiger partial charge in [-0.05, 0) is 50.8 Å². The molecule has 0 aliphatic heterocycles. The van der Waals surface area contributed by atoms with E-state index >= 15 is 0 Å². The lowest BCUT2D eigenvalue weighted by molar-refractivity contribution is 0.583. The van der Waals surface area contributed by atoms with Crippen LogP contribution >= 0.6 is 11.3 Å². The molecule has 0 saturated heterocycles. The van der Waals surface area contributed by atoms with Crippen molar-refractivity contribution in [2.45, 2.75) is 36.3 Å². The number of nitrogens with two attached hydrogens (primary N) is 1. The molecule has 0 atom stereocenters. The molecule has 6 heteroatoms. The minimum Gasteiger partial charge on any atom is -0.330 e. The van der Waals surface area contributed by atoms with Crippen molar-refractivity contribution in [3.05, 3.63) is 28.7 Å². The second kappa shape index (κ2) is 6.65. The van der Waals surface area contributed by atoms with Gasteiger partial charge < -0.3 is 5.73 Å². The zero-order chi connectivity index (χ0) is 13.7. The van der Waals surface area contributed by atoms with Gasteiger partial charge in [0.1, 0.15) is 4.21 Å². The van der Waals surface area contributed by atoms with E-state index < -0.39 is 10.0 Å². The van der Waals surface area contributed by atoms with Crippen LogP contribution in [-0.4, -0.2) is 21.5 Å². The molecule has 106 valence electrons. The van der Waals surface area contributed by atoms with Crippen LogP contribution in [0.25, 0.3) is 0 Å². The summed E-state index contributed by atoms with van der Waals surface area (Å²) in [6, 6.07) is 3.50. The lowest BCUT2D eigenvalue weighted by Crippen LogP contribution is -2.24. The molecule has 19 heavy (non-hydrogen) atoms. The van der Waals surface area contributed by atoms with Crippen LogP contribution < -0.4 is 10.5 Å². The summed E-state index contributed by atoms with van der Waals surface area (Å²) < 4.78 is 27.2. The summed E-state index contributed by atoms with van der Waals surface area (Å²) in [5, 5.41) is 0. The van der Waals surface area contributed by atoms with Gasteiger partial charge in [-0.2, -0.15) is 0 Å². The summed E-state index contributed by atoms with van der Waals surface area (Å²) in [6.45, 7) is 1.03. The van der Waals surface area contributed by atoms with Gasteiger partial charge in [-0.3, -0.25) is 0 Å². The van der Waals surface area contributed by atoms with Gasteiger partial charge in [-0.25, -0.2) is 13.1 Å². The van der Waals surface area contributed by atoms with Crippen LogP contribution in [0.3, 0.4) is 0 Å². The fraction of sp³-hybridized carbons (Fsp3) is 0.538. The summed E-state index contributed by atoms with van der Waals surface area (Å²) in [5.74, 6) is 0. The van der Waals surface area contributed by atoms with Crippen molar-refractivity contribution < 1.29 is 8.42 Å². The normalized spacial score (nSPS) is 15.7. The van der Waals surface area contributed by atoms with E-state index in [1.165, 1.54) is 23.3 Å². The van der Waals surface area contributed by atoms with Gasteiger partial charge >= 0.3 is 0 Å². The van der Waals surface area contributed by atoms with Gasteiger partial charge in [0.15, 0.2) is 0 Å². The van der Waals surface area contributed by atoms with E-state index in [0.717, 1.165) is 30.6 Å². The van der Waals surface area contributed by atoms with Crippen LogP contribution in [0.5, 0.6) is 0 Å². The minimum absolute atomic E-state index is 0.386. The van der Waals surface area contributed by atoms with E-state index in [1.54, 1.807) is 6.07 Å². The van der Waals surface area contributed by atoms with E-state index in [-0.39, 0.29) is 0 Å². The molecule has 0 fully saturated rings. The summed E-state index contributed by atoms with van der Waals surface area (Å²) in [6.07, 6.45) is 7.22. The fourth-order valence-electron chi connectivity index (χ4n) is 2.16. The Kier molecular flexibility index (Phi) is 5.15. The SMILES string of the molecule is NCCc1ccc(S(=O)(=O)NCCC2=CCCC2)s1. The lowest BCUT2D eigenvalue weighted by Gasteiger charge is -2.05. The maximum Gasteiger partial charge on any atom is 0.250 e. The van der Waals surface area contributed by atoms with Crippen molar-refractivity contribution in [2.24, 2.45) is 5.73 Å². The van der Waals surface area contributed by atoms with Gasteiger partial charge in [0.2, 0.25) is 10.0 Å². The van der Waals surface area contributed by atoms with Gasteiger partial charge in [0.05, 0.1) is 0 Å². The Morgan fingerprint density at radius 1 is 1.32 bits per heavy atom. The fourth-order valence-corrected chi connectivity index (χ4v) is 4.61. The molecule has 0 spiro atoms. The minimum atomic E-state index is -3.35.